The van der Waals surface area contributed by atoms with Gasteiger partial charge in [-0.05, 0) is 51.7 Å². The maximum Gasteiger partial charge on any atom is 0.473 e. The average Bonchev–Trinajstić information content (AvgIpc) is 2.35. The van der Waals surface area contributed by atoms with Crippen molar-refractivity contribution in [1.82, 2.24) is 0 Å². The normalized spacial score (nSPS) is 35.1. The van der Waals surface area contributed by atoms with E-state index in [2.05, 4.69) is 0 Å². The van der Waals surface area contributed by atoms with Gasteiger partial charge in [0.1, 0.15) is 11.2 Å². The fraction of sp³-hybridized carbons (Fsp3) is 0.500. The zero-order valence-electron chi connectivity index (χ0n) is 13.0. The minimum atomic E-state index is -4.18. The van der Waals surface area contributed by atoms with Crippen LogP contribution >= 0.6 is 7.82 Å². The fourth-order valence-electron chi connectivity index (χ4n) is 2.43. The summed E-state index contributed by atoms with van der Waals surface area (Å²) in [4.78, 5) is 10.2. The monoisotopic (exact) mass is 310 g/mol. The molecule has 0 amide bonds. The Labute approximate surface area is 126 Å². The van der Waals surface area contributed by atoms with Crippen LogP contribution in [-0.2, 0) is 13.6 Å². The highest BCUT2D eigenvalue weighted by atomic mass is 31.2. The Bertz CT molecular complexity index is 539. The van der Waals surface area contributed by atoms with Gasteiger partial charge in [-0.1, -0.05) is 36.5 Å². The lowest BCUT2D eigenvalue weighted by molar-refractivity contribution is 0.0187. The van der Waals surface area contributed by atoms with Crippen LogP contribution in [0.5, 0.6) is 0 Å². The first kappa shape index (κ1) is 16.4. The molecule has 0 saturated carbocycles. The molecule has 2 aliphatic rings. The van der Waals surface area contributed by atoms with Crippen LogP contribution in [0.1, 0.15) is 40.5 Å². The van der Waals surface area contributed by atoms with Crippen molar-refractivity contribution in [3.8, 4) is 0 Å². The van der Waals surface area contributed by atoms with Crippen molar-refractivity contribution in [2.75, 3.05) is 0 Å². The molecule has 0 fully saturated rings. The molecule has 0 aromatic carbocycles. The summed E-state index contributed by atoms with van der Waals surface area (Å²) in [6.07, 6.45) is 12.6. The van der Waals surface area contributed by atoms with Crippen LogP contribution in [0.25, 0.3) is 0 Å². The Hall–Kier alpha value is -0.930. The van der Waals surface area contributed by atoms with Crippen molar-refractivity contribution in [3.63, 3.8) is 0 Å². The standard InChI is InChI=1S/C16H23O4P/c1-13-9-5-7-11-15(13,3)19-21(17,18)20-16(4)12-8-6-10-14(16)2/h5-10H,11-12H2,1-4H3,(H,17,18). The van der Waals surface area contributed by atoms with Crippen LogP contribution in [0.15, 0.2) is 47.6 Å². The van der Waals surface area contributed by atoms with E-state index in [-0.39, 0.29) is 0 Å². The molecule has 0 bridgehead atoms. The maximum absolute atomic E-state index is 12.5. The summed E-state index contributed by atoms with van der Waals surface area (Å²) in [6, 6.07) is 0. The summed E-state index contributed by atoms with van der Waals surface area (Å²) in [5, 5.41) is 0. The first-order valence-electron chi connectivity index (χ1n) is 7.09. The molecule has 21 heavy (non-hydrogen) atoms. The zero-order chi connectivity index (χ0) is 15.7. The van der Waals surface area contributed by atoms with E-state index in [1.165, 1.54) is 0 Å². The van der Waals surface area contributed by atoms with E-state index in [0.717, 1.165) is 11.1 Å². The molecule has 2 rings (SSSR count). The smallest absolute Gasteiger partial charge is 0.302 e. The van der Waals surface area contributed by atoms with Gasteiger partial charge in [0.05, 0.1) is 0 Å². The van der Waals surface area contributed by atoms with Crippen LogP contribution in [0.2, 0.25) is 0 Å². The van der Waals surface area contributed by atoms with Gasteiger partial charge in [-0.15, -0.1) is 0 Å². The average molecular weight is 310 g/mol. The van der Waals surface area contributed by atoms with Gasteiger partial charge in [0.15, 0.2) is 0 Å². The maximum atomic E-state index is 12.5. The molecule has 2 unspecified atom stereocenters. The first-order valence-corrected chi connectivity index (χ1v) is 8.59. The topological polar surface area (TPSA) is 55.8 Å². The van der Waals surface area contributed by atoms with E-state index in [9.17, 15) is 9.46 Å². The predicted molar refractivity (Wildman–Crippen MR) is 83.8 cm³/mol. The molecular weight excluding hydrogens is 287 g/mol. The van der Waals surface area contributed by atoms with Gasteiger partial charge in [-0.3, -0.25) is 9.05 Å². The van der Waals surface area contributed by atoms with Crippen molar-refractivity contribution in [3.05, 3.63) is 47.6 Å². The lowest BCUT2D eigenvalue weighted by Crippen LogP contribution is -2.34. The molecule has 0 spiro atoms. The van der Waals surface area contributed by atoms with E-state index >= 15 is 0 Å². The second kappa shape index (κ2) is 5.69. The molecule has 1 N–H and O–H groups in total. The molecule has 0 aromatic heterocycles. The van der Waals surface area contributed by atoms with Crippen molar-refractivity contribution >= 4 is 7.82 Å². The van der Waals surface area contributed by atoms with E-state index in [1.807, 2.05) is 50.3 Å². The van der Waals surface area contributed by atoms with Gasteiger partial charge in [0.2, 0.25) is 0 Å². The zero-order valence-corrected chi connectivity index (χ0v) is 13.9. The third kappa shape index (κ3) is 3.64. The minimum absolute atomic E-state index is 0.550. The molecule has 5 heteroatoms. The summed E-state index contributed by atoms with van der Waals surface area (Å²) in [5.41, 5.74) is 0.197. The van der Waals surface area contributed by atoms with E-state index in [1.54, 1.807) is 13.8 Å². The van der Waals surface area contributed by atoms with Gasteiger partial charge in [-0.25, -0.2) is 4.57 Å². The summed E-state index contributed by atoms with van der Waals surface area (Å²) in [7, 11) is -4.18. The van der Waals surface area contributed by atoms with E-state index < -0.39 is 19.0 Å². The Kier molecular flexibility index (Phi) is 4.46. The lowest BCUT2D eigenvalue weighted by atomic mass is 9.90. The third-order valence-corrected chi connectivity index (χ3v) is 5.55. The molecule has 4 nitrogen and oxygen atoms in total. The Morgan fingerprint density at radius 2 is 1.38 bits per heavy atom. The SMILES string of the molecule is CC1=CC=CCC1(C)OP(=O)(O)OC1(C)CC=CC=C1C. The van der Waals surface area contributed by atoms with Crippen LogP contribution in [0, 0.1) is 0 Å². The van der Waals surface area contributed by atoms with Crippen LogP contribution in [-0.4, -0.2) is 16.1 Å². The molecule has 2 atom stereocenters. The molecule has 0 radical (unpaired) electrons. The van der Waals surface area contributed by atoms with Crippen molar-refractivity contribution in [1.29, 1.82) is 0 Å². The predicted octanol–water partition coefficient (Wildman–Crippen LogP) is 4.45. The molecule has 0 saturated heterocycles. The molecular formula is C16H23O4P. The van der Waals surface area contributed by atoms with Gasteiger partial charge in [0, 0.05) is 0 Å². The van der Waals surface area contributed by atoms with Gasteiger partial charge < -0.3 is 4.89 Å². The Morgan fingerprint density at radius 3 is 1.71 bits per heavy atom. The van der Waals surface area contributed by atoms with Gasteiger partial charge >= 0.3 is 7.82 Å². The second-order valence-corrected chi connectivity index (χ2v) is 7.38. The van der Waals surface area contributed by atoms with Crippen molar-refractivity contribution in [2.24, 2.45) is 0 Å². The quantitative estimate of drug-likeness (QED) is 0.779. The number of phosphoric ester groups is 1. The Morgan fingerprint density at radius 1 is 1.00 bits per heavy atom. The fourth-order valence-corrected chi connectivity index (χ4v) is 3.92. The first-order chi connectivity index (χ1) is 9.67. The summed E-state index contributed by atoms with van der Waals surface area (Å²) in [6.45, 7) is 7.39. The lowest BCUT2D eigenvalue weighted by Gasteiger charge is -2.37. The van der Waals surface area contributed by atoms with E-state index in [0.29, 0.717) is 12.8 Å². The molecule has 0 aromatic rings. The molecule has 2 aliphatic carbocycles. The number of allylic oxidation sites excluding steroid dienone is 4. The highest BCUT2D eigenvalue weighted by Gasteiger charge is 2.42. The highest BCUT2D eigenvalue weighted by Crippen LogP contribution is 2.55. The number of hydrogen-bond donors (Lipinski definition) is 1. The number of hydrogen-bond acceptors (Lipinski definition) is 3. The molecule has 0 heterocycles. The second-order valence-electron chi connectivity index (χ2n) is 6.08. The number of phosphoric acid groups is 1. The third-order valence-electron chi connectivity index (χ3n) is 4.28. The van der Waals surface area contributed by atoms with Gasteiger partial charge in [0.25, 0.3) is 0 Å². The number of rotatable bonds is 4. The highest BCUT2D eigenvalue weighted by molar-refractivity contribution is 7.47. The van der Waals surface area contributed by atoms with E-state index in [4.69, 9.17) is 9.05 Å². The van der Waals surface area contributed by atoms with Crippen molar-refractivity contribution in [2.45, 2.75) is 51.7 Å². The summed E-state index contributed by atoms with van der Waals surface area (Å²) >= 11 is 0. The Balaban J connectivity index is 2.15. The largest absolute Gasteiger partial charge is 0.473 e. The molecule has 116 valence electrons. The van der Waals surface area contributed by atoms with Crippen LogP contribution in [0.3, 0.4) is 0 Å². The van der Waals surface area contributed by atoms with Crippen LogP contribution in [0.4, 0.5) is 0 Å². The van der Waals surface area contributed by atoms with Gasteiger partial charge in [-0.2, -0.15) is 0 Å². The minimum Gasteiger partial charge on any atom is -0.302 e. The van der Waals surface area contributed by atoms with Crippen molar-refractivity contribution < 1.29 is 18.5 Å². The van der Waals surface area contributed by atoms with Crippen LogP contribution < -0.4 is 0 Å². The molecule has 0 aliphatic heterocycles. The summed E-state index contributed by atoms with van der Waals surface area (Å²) < 4.78 is 23.5. The summed E-state index contributed by atoms with van der Waals surface area (Å²) in [5.74, 6) is 0.